The molecule has 0 fully saturated rings. The molecule has 1 amide bonds. The zero-order valence-corrected chi connectivity index (χ0v) is 17.9. The summed E-state index contributed by atoms with van der Waals surface area (Å²) in [5.41, 5.74) is 2.60. The van der Waals surface area contributed by atoms with Crippen LogP contribution in [0.15, 0.2) is 15.3 Å². The smallest absolute Gasteiger partial charge is 0.339 e. The first-order chi connectivity index (χ1) is 14.4. The lowest BCUT2D eigenvalue weighted by atomic mass is 9.87. The second-order valence-corrected chi connectivity index (χ2v) is 8.60. The Bertz CT molecular complexity index is 1020. The number of nitrogens with one attached hydrogen (secondary N) is 1. The van der Waals surface area contributed by atoms with E-state index in [0.717, 1.165) is 54.2 Å². The number of methoxy groups -OCH3 is 1. The lowest BCUT2D eigenvalue weighted by molar-refractivity contribution is -0.123. The van der Waals surface area contributed by atoms with Crippen LogP contribution < -0.4 is 20.4 Å². The Labute approximate surface area is 175 Å². The number of rotatable bonds is 6. The molecule has 0 radical (unpaired) electrons. The average Bonchev–Trinajstić information content (AvgIpc) is 2.71. The Morgan fingerprint density at radius 1 is 1.17 bits per heavy atom. The fraction of sp³-hybridized carbons (Fsp3) is 0.565. The maximum atomic E-state index is 12.7. The quantitative estimate of drug-likeness (QED) is 0.577. The third-order valence-electron chi connectivity index (χ3n) is 5.87. The molecule has 2 aromatic rings. The van der Waals surface area contributed by atoms with Gasteiger partial charge in [0.15, 0.2) is 6.61 Å². The van der Waals surface area contributed by atoms with E-state index < -0.39 is 0 Å². The van der Waals surface area contributed by atoms with Crippen LogP contribution in [0, 0.1) is 0 Å². The molecule has 0 spiro atoms. The minimum atomic E-state index is -0.315. The summed E-state index contributed by atoms with van der Waals surface area (Å²) < 4.78 is 22.9. The topological polar surface area (TPSA) is 87.0 Å². The van der Waals surface area contributed by atoms with Crippen LogP contribution in [0.25, 0.3) is 11.0 Å². The highest BCUT2D eigenvalue weighted by atomic mass is 16.5. The maximum Gasteiger partial charge on any atom is 0.339 e. The average molecular weight is 415 g/mol. The summed E-state index contributed by atoms with van der Waals surface area (Å²) in [5.74, 6) is 0.961. The molecule has 4 rings (SSSR count). The molecule has 0 saturated heterocycles. The maximum absolute atomic E-state index is 12.7. The van der Waals surface area contributed by atoms with E-state index in [4.69, 9.17) is 18.6 Å². The van der Waals surface area contributed by atoms with Gasteiger partial charge in [0.25, 0.3) is 5.91 Å². The summed E-state index contributed by atoms with van der Waals surface area (Å²) in [4.78, 5) is 24.9. The summed E-state index contributed by atoms with van der Waals surface area (Å²) in [5, 5.41) is 3.57. The number of benzene rings is 1. The lowest BCUT2D eigenvalue weighted by Crippen LogP contribution is -2.33. The number of amides is 1. The Hall–Kier alpha value is -2.54. The number of aryl methyl sites for hydroxylation is 2. The van der Waals surface area contributed by atoms with Crippen molar-refractivity contribution in [2.75, 3.05) is 26.9 Å². The molecule has 0 unspecified atom stereocenters. The highest BCUT2D eigenvalue weighted by molar-refractivity contribution is 5.92. The van der Waals surface area contributed by atoms with E-state index in [-0.39, 0.29) is 23.7 Å². The molecule has 30 heavy (non-hydrogen) atoms. The Kier molecular flexibility index (Phi) is 5.73. The molecule has 162 valence electrons. The molecule has 0 atom stereocenters. The van der Waals surface area contributed by atoms with Crippen LogP contribution in [-0.2, 0) is 28.8 Å². The molecule has 1 aromatic heterocycles. The largest absolute Gasteiger partial charge is 0.487 e. The summed E-state index contributed by atoms with van der Waals surface area (Å²) in [7, 11) is 1.58. The van der Waals surface area contributed by atoms with Gasteiger partial charge in [-0.15, -0.1) is 0 Å². The van der Waals surface area contributed by atoms with Crippen molar-refractivity contribution < 1.29 is 23.4 Å². The predicted octanol–water partition coefficient (Wildman–Crippen LogP) is 2.92. The lowest BCUT2D eigenvalue weighted by Gasteiger charge is -2.33. The molecule has 1 aromatic carbocycles. The van der Waals surface area contributed by atoms with Crippen LogP contribution in [0.5, 0.6) is 11.5 Å². The van der Waals surface area contributed by atoms with Gasteiger partial charge in [0.2, 0.25) is 0 Å². The standard InChI is InChI=1S/C23H29NO6/c1-23(2)9-8-16-17(30-23)12-18(28-13-19(25)24-10-11-27-3)20-14-6-4-5-7-15(14)22(26)29-21(16)20/h12H,4-11,13H2,1-3H3,(H,24,25). The van der Waals surface area contributed by atoms with Crippen LogP contribution in [0.3, 0.4) is 0 Å². The molecule has 1 aliphatic carbocycles. The van der Waals surface area contributed by atoms with Crippen LogP contribution in [-0.4, -0.2) is 38.4 Å². The third kappa shape index (κ3) is 4.03. The van der Waals surface area contributed by atoms with Crippen molar-refractivity contribution in [1.82, 2.24) is 5.32 Å². The van der Waals surface area contributed by atoms with Crippen LogP contribution in [0.2, 0.25) is 0 Å². The molecule has 0 bridgehead atoms. The minimum Gasteiger partial charge on any atom is -0.487 e. The summed E-state index contributed by atoms with van der Waals surface area (Å²) >= 11 is 0. The second kappa shape index (κ2) is 8.30. The number of fused-ring (bicyclic) bond motifs is 5. The predicted molar refractivity (Wildman–Crippen MR) is 113 cm³/mol. The fourth-order valence-electron chi connectivity index (χ4n) is 4.32. The van der Waals surface area contributed by atoms with Crippen molar-refractivity contribution >= 4 is 16.9 Å². The van der Waals surface area contributed by atoms with E-state index in [1.165, 1.54) is 0 Å². The fourth-order valence-corrected chi connectivity index (χ4v) is 4.32. The van der Waals surface area contributed by atoms with E-state index in [0.29, 0.717) is 36.7 Å². The van der Waals surface area contributed by atoms with Gasteiger partial charge in [-0.2, -0.15) is 0 Å². The van der Waals surface area contributed by atoms with Gasteiger partial charge in [0, 0.05) is 30.8 Å². The molecule has 1 aliphatic heterocycles. The summed E-state index contributed by atoms with van der Waals surface area (Å²) in [6.07, 6.45) is 5.10. The monoisotopic (exact) mass is 415 g/mol. The zero-order valence-electron chi connectivity index (χ0n) is 17.9. The molecular formula is C23H29NO6. The Morgan fingerprint density at radius 2 is 1.93 bits per heavy atom. The summed E-state index contributed by atoms with van der Waals surface area (Å²) in [6, 6.07) is 1.86. The zero-order chi connectivity index (χ0) is 21.3. The number of ether oxygens (including phenoxy) is 3. The number of hydrogen-bond acceptors (Lipinski definition) is 6. The van der Waals surface area contributed by atoms with Crippen LogP contribution in [0.4, 0.5) is 0 Å². The molecule has 7 heteroatoms. The first-order valence-electron chi connectivity index (χ1n) is 10.6. The van der Waals surface area contributed by atoms with Crippen LogP contribution >= 0.6 is 0 Å². The van der Waals surface area contributed by atoms with Crippen molar-refractivity contribution in [1.29, 1.82) is 0 Å². The van der Waals surface area contributed by atoms with E-state index in [2.05, 4.69) is 5.32 Å². The highest BCUT2D eigenvalue weighted by Gasteiger charge is 2.32. The number of carbonyl (C=O) groups is 1. The van der Waals surface area contributed by atoms with Crippen molar-refractivity contribution in [3.63, 3.8) is 0 Å². The normalized spacial score (nSPS) is 17.0. The molecule has 2 aliphatic rings. The third-order valence-corrected chi connectivity index (χ3v) is 5.87. The van der Waals surface area contributed by atoms with Gasteiger partial charge in [-0.25, -0.2) is 4.79 Å². The number of hydrogen-bond donors (Lipinski definition) is 1. The van der Waals surface area contributed by atoms with Crippen molar-refractivity contribution in [3.05, 3.63) is 33.2 Å². The highest BCUT2D eigenvalue weighted by Crippen LogP contribution is 2.44. The van der Waals surface area contributed by atoms with Crippen molar-refractivity contribution in [2.45, 2.75) is 58.0 Å². The van der Waals surface area contributed by atoms with E-state index >= 15 is 0 Å². The molecule has 1 N–H and O–H groups in total. The second-order valence-electron chi connectivity index (χ2n) is 8.60. The first-order valence-corrected chi connectivity index (χ1v) is 10.6. The van der Waals surface area contributed by atoms with E-state index in [1.807, 2.05) is 19.9 Å². The van der Waals surface area contributed by atoms with Gasteiger partial charge in [0.1, 0.15) is 22.7 Å². The molecular weight excluding hydrogens is 386 g/mol. The van der Waals surface area contributed by atoms with Gasteiger partial charge in [-0.05, 0) is 57.9 Å². The number of carbonyl (C=O) groups excluding carboxylic acids is 1. The van der Waals surface area contributed by atoms with Crippen LogP contribution in [0.1, 0.15) is 49.8 Å². The SMILES string of the molecule is COCCNC(=O)COc1cc2c(c3oc(=O)c4c(c13)CCCC4)CCC(C)(C)O2. The molecule has 7 nitrogen and oxygen atoms in total. The minimum absolute atomic E-state index is 0.130. The Morgan fingerprint density at radius 3 is 2.70 bits per heavy atom. The summed E-state index contributed by atoms with van der Waals surface area (Å²) in [6.45, 7) is 4.80. The first kappa shape index (κ1) is 20.7. The van der Waals surface area contributed by atoms with Crippen molar-refractivity contribution in [3.8, 4) is 11.5 Å². The van der Waals surface area contributed by atoms with Crippen molar-refractivity contribution in [2.24, 2.45) is 0 Å². The van der Waals surface area contributed by atoms with E-state index in [1.54, 1.807) is 7.11 Å². The van der Waals surface area contributed by atoms with Gasteiger partial charge in [-0.1, -0.05) is 0 Å². The van der Waals surface area contributed by atoms with Gasteiger partial charge < -0.3 is 23.9 Å². The Balaban J connectivity index is 1.77. The molecule has 0 saturated carbocycles. The van der Waals surface area contributed by atoms with Gasteiger partial charge in [-0.3, -0.25) is 4.79 Å². The van der Waals surface area contributed by atoms with E-state index in [9.17, 15) is 9.59 Å². The molecule has 2 heterocycles. The van der Waals surface area contributed by atoms with Gasteiger partial charge >= 0.3 is 5.63 Å². The van der Waals surface area contributed by atoms with Gasteiger partial charge in [0.05, 0.1) is 12.0 Å².